The van der Waals surface area contributed by atoms with Crippen molar-refractivity contribution >= 4 is 22.1 Å². The Morgan fingerprint density at radius 1 is 1.26 bits per heavy atom. The number of hydrogen-bond donors (Lipinski definition) is 1. The first kappa shape index (κ1) is 19.7. The van der Waals surface area contributed by atoms with Gasteiger partial charge in [-0.2, -0.15) is 9.30 Å². The molecule has 0 aromatic carbocycles. The molecule has 23 heavy (non-hydrogen) atoms. The van der Waals surface area contributed by atoms with Gasteiger partial charge >= 0.3 is 5.97 Å². The summed E-state index contributed by atoms with van der Waals surface area (Å²) in [6.07, 6.45) is 2.40. The molecule has 1 fully saturated rings. The van der Waals surface area contributed by atoms with Crippen LogP contribution >= 0.6 is 0 Å². The second-order valence-electron chi connectivity index (χ2n) is 6.37. The first-order chi connectivity index (χ1) is 10.4. The van der Waals surface area contributed by atoms with E-state index in [1.54, 1.807) is 20.8 Å². The number of rotatable bonds is 6. The lowest BCUT2D eigenvalue weighted by atomic mass is 10.1. The van der Waals surface area contributed by atoms with E-state index in [0.717, 1.165) is 6.26 Å². The third kappa shape index (κ3) is 5.08. The predicted octanol–water partition coefficient (Wildman–Crippen LogP) is -0.505. The van der Waals surface area contributed by atoms with Crippen molar-refractivity contribution in [3.63, 3.8) is 0 Å². The van der Waals surface area contributed by atoms with Gasteiger partial charge in [-0.1, -0.05) is 0 Å². The average molecular weight is 349 g/mol. The van der Waals surface area contributed by atoms with Gasteiger partial charge in [0.15, 0.2) is 0 Å². The Hall–Kier alpha value is -1.32. The molecule has 132 valence electrons. The number of ether oxygens (including phenoxy) is 1. The summed E-state index contributed by atoms with van der Waals surface area (Å²) in [5, 5.41) is 9.60. The fourth-order valence-corrected chi connectivity index (χ4v) is 3.05. The van der Waals surface area contributed by atoms with Gasteiger partial charge in [-0.05, 0) is 20.8 Å². The van der Waals surface area contributed by atoms with Crippen LogP contribution in [0, 0.1) is 0 Å². The minimum atomic E-state index is -3.34. The van der Waals surface area contributed by atoms with E-state index in [1.165, 1.54) is 15.3 Å². The molecular formula is C13H23N3O6S. The van der Waals surface area contributed by atoms with Crippen LogP contribution in [0.5, 0.6) is 0 Å². The molecule has 1 N–H and O–H groups in total. The maximum atomic E-state index is 11.8. The quantitative estimate of drug-likeness (QED) is 0.507. The highest BCUT2D eigenvalue weighted by Crippen LogP contribution is 2.24. The lowest BCUT2D eigenvalue weighted by molar-refractivity contribution is -0.161. The normalized spacial score (nSPS) is 20.5. The van der Waals surface area contributed by atoms with Gasteiger partial charge in [0, 0.05) is 26.2 Å². The molecule has 9 nitrogen and oxygen atoms in total. The van der Waals surface area contributed by atoms with Crippen molar-refractivity contribution in [3.05, 3.63) is 0 Å². The monoisotopic (exact) mass is 349 g/mol. The summed E-state index contributed by atoms with van der Waals surface area (Å²) in [4.78, 5) is 27.5. The first-order valence-electron chi connectivity index (χ1n) is 7.09. The third-order valence-corrected chi connectivity index (χ3v) is 4.81. The third-order valence-electron chi connectivity index (χ3n) is 3.51. The van der Waals surface area contributed by atoms with Crippen LogP contribution in [0.15, 0.2) is 4.99 Å². The molecular weight excluding hydrogens is 326 g/mol. The summed E-state index contributed by atoms with van der Waals surface area (Å²) < 4.78 is 29.9. The van der Waals surface area contributed by atoms with E-state index in [9.17, 15) is 23.1 Å². The van der Waals surface area contributed by atoms with E-state index in [1.807, 2.05) is 0 Å². The van der Waals surface area contributed by atoms with E-state index < -0.39 is 27.3 Å². The molecule has 0 saturated carbocycles. The van der Waals surface area contributed by atoms with Crippen LogP contribution in [-0.2, 0) is 24.3 Å². The van der Waals surface area contributed by atoms with Crippen molar-refractivity contribution < 1.29 is 27.9 Å². The minimum Gasteiger partial charge on any atom is -0.478 e. The largest absolute Gasteiger partial charge is 0.478 e. The van der Waals surface area contributed by atoms with Crippen molar-refractivity contribution in [2.75, 3.05) is 39.0 Å². The molecule has 0 spiro atoms. The van der Waals surface area contributed by atoms with Crippen molar-refractivity contribution in [1.29, 1.82) is 0 Å². The molecule has 1 saturated heterocycles. The van der Waals surface area contributed by atoms with Gasteiger partial charge < -0.3 is 9.84 Å². The molecule has 1 rings (SSSR count). The van der Waals surface area contributed by atoms with Crippen LogP contribution in [0.2, 0.25) is 0 Å². The summed E-state index contributed by atoms with van der Waals surface area (Å²) in [6.45, 7) is 5.43. The number of sulfonamides is 1. The Morgan fingerprint density at radius 3 is 2.13 bits per heavy atom. The highest BCUT2D eigenvalue weighted by Gasteiger charge is 2.47. The molecule has 0 bridgehead atoms. The Labute approximate surface area is 136 Å². The molecule has 0 aliphatic carbocycles. The highest BCUT2D eigenvalue weighted by molar-refractivity contribution is 7.88. The maximum absolute atomic E-state index is 11.8. The lowest BCUT2D eigenvalue weighted by Gasteiger charge is -2.42. The van der Waals surface area contributed by atoms with Crippen LogP contribution in [0.25, 0.3) is 0 Å². The average Bonchev–Trinajstić information content (AvgIpc) is 2.41. The highest BCUT2D eigenvalue weighted by atomic mass is 32.2. The van der Waals surface area contributed by atoms with E-state index in [4.69, 9.17) is 4.74 Å². The zero-order valence-corrected chi connectivity index (χ0v) is 14.6. The molecule has 0 unspecified atom stereocenters. The van der Waals surface area contributed by atoms with Gasteiger partial charge in [0.2, 0.25) is 21.8 Å². The number of isocyanates is 1. The number of hydrogen-bond acceptors (Lipinski definition) is 7. The standard InChI is InChI=1S/C13H23N3O6S/c1-12(2,3)22-9-13(11(18)19,14-10-17)15-5-7-16(8-6-15)23(4,20)21/h5-9H2,1-4H3,(H,18,19)/t13-/m1/s1. The van der Waals surface area contributed by atoms with Gasteiger partial charge in [-0.3, -0.25) is 4.90 Å². The summed E-state index contributed by atoms with van der Waals surface area (Å²) in [5.74, 6) is -1.34. The molecule has 1 aliphatic rings. The number of aliphatic carboxylic acids is 1. The molecule has 1 heterocycles. The Bertz CT molecular complexity index is 581. The maximum Gasteiger partial charge on any atom is 0.350 e. The van der Waals surface area contributed by atoms with Gasteiger partial charge in [0.05, 0.1) is 18.5 Å². The van der Waals surface area contributed by atoms with E-state index >= 15 is 0 Å². The fraction of sp³-hybridized carbons (Fsp3) is 0.846. The molecule has 0 aromatic rings. The fourth-order valence-electron chi connectivity index (χ4n) is 2.22. The Balaban J connectivity index is 3.02. The zero-order chi connectivity index (χ0) is 17.9. The summed E-state index contributed by atoms with van der Waals surface area (Å²) in [6, 6.07) is 0. The number of carboxylic acid groups (broad SMARTS) is 1. The topological polar surface area (TPSA) is 117 Å². The second-order valence-corrected chi connectivity index (χ2v) is 8.36. The summed E-state index contributed by atoms with van der Waals surface area (Å²) in [5.41, 5.74) is -2.52. The Kier molecular flexibility index (Phi) is 6.06. The molecule has 1 aliphatic heterocycles. The van der Waals surface area contributed by atoms with Gasteiger partial charge in [-0.15, -0.1) is 0 Å². The van der Waals surface area contributed by atoms with Crippen molar-refractivity contribution in [3.8, 4) is 0 Å². The minimum absolute atomic E-state index is 0.123. The van der Waals surface area contributed by atoms with Crippen LogP contribution in [0.1, 0.15) is 20.8 Å². The molecule has 1 atom stereocenters. The number of carboxylic acids is 1. The molecule has 0 aromatic heterocycles. The first-order valence-corrected chi connectivity index (χ1v) is 8.94. The zero-order valence-electron chi connectivity index (χ0n) is 13.8. The number of carbonyl (C=O) groups is 1. The number of aliphatic imine (C=N–C) groups is 1. The number of nitrogens with zero attached hydrogens (tertiary/aromatic N) is 3. The van der Waals surface area contributed by atoms with Crippen molar-refractivity contribution in [1.82, 2.24) is 9.21 Å². The van der Waals surface area contributed by atoms with Gasteiger partial charge in [-0.25, -0.2) is 18.0 Å². The van der Waals surface area contributed by atoms with E-state index in [-0.39, 0.29) is 32.8 Å². The second kappa shape index (κ2) is 7.06. The van der Waals surface area contributed by atoms with Crippen LogP contribution < -0.4 is 0 Å². The van der Waals surface area contributed by atoms with Crippen LogP contribution in [-0.4, -0.2) is 85.1 Å². The SMILES string of the molecule is CC(C)(C)OC[C@](N=C=O)(C(=O)O)N1CCN(S(C)(=O)=O)CC1. The predicted molar refractivity (Wildman–Crippen MR) is 82.2 cm³/mol. The van der Waals surface area contributed by atoms with Crippen LogP contribution in [0.4, 0.5) is 0 Å². The van der Waals surface area contributed by atoms with Crippen LogP contribution in [0.3, 0.4) is 0 Å². The number of carbonyl (C=O) groups excluding carboxylic acids is 1. The van der Waals surface area contributed by atoms with Gasteiger partial charge in [0.25, 0.3) is 0 Å². The van der Waals surface area contributed by atoms with Gasteiger partial charge in [0.1, 0.15) is 0 Å². The number of piperazine rings is 1. The van der Waals surface area contributed by atoms with Crippen molar-refractivity contribution in [2.45, 2.75) is 32.0 Å². The molecule has 0 amide bonds. The molecule has 10 heteroatoms. The Morgan fingerprint density at radius 2 is 1.78 bits per heavy atom. The van der Waals surface area contributed by atoms with E-state index in [2.05, 4.69) is 4.99 Å². The van der Waals surface area contributed by atoms with E-state index in [0.29, 0.717) is 0 Å². The molecule has 0 radical (unpaired) electrons. The lowest BCUT2D eigenvalue weighted by Crippen LogP contribution is -2.63. The summed E-state index contributed by atoms with van der Waals surface area (Å²) in [7, 11) is -3.34. The smallest absolute Gasteiger partial charge is 0.350 e. The summed E-state index contributed by atoms with van der Waals surface area (Å²) >= 11 is 0. The van der Waals surface area contributed by atoms with Crippen molar-refractivity contribution in [2.24, 2.45) is 4.99 Å².